The number of aryl methyl sites for hydroxylation is 2. The molecule has 0 saturated heterocycles. The summed E-state index contributed by atoms with van der Waals surface area (Å²) >= 11 is 7.00. The normalized spacial score (nSPS) is 16.5. The lowest BCUT2D eigenvalue weighted by Crippen LogP contribution is -2.17. The van der Waals surface area contributed by atoms with E-state index in [1.807, 2.05) is 18.7 Å². The zero-order valence-corrected chi connectivity index (χ0v) is 12.3. The molecule has 0 fully saturated rings. The van der Waals surface area contributed by atoms with E-state index in [9.17, 15) is 0 Å². The lowest BCUT2D eigenvalue weighted by Gasteiger charge is -2.18. The zero-order chi connectivity index (χ0) is 12.6. The molecule has 3 heteroatoms. The van der Waals surface area contributed by atoms with Gasteiger partial charge in [0.15, 0.2) is 0 Å². The number of allylic oxidation sites excluding steroid dienone is 1. The van der Waals surface area contributed by atoms with Crippen molar-refractivity contribution in [2.45, 2.75) is 32.6 Å². The predicted molar refractivity (Wildman–Crippen MR) is 81.1 cm³/mol. The summed E-state index contributed by atoms with van der Waals surface area (Å²) in [6.45, 7) is 9.46. The molecule has 0 saturated carbocycles. The van der Waals surface area contributed by atoms with Gasteiger partial charge in [-0.1, -0.05) is 24.0 Å². The monoisotopic (exact) mass is 263 g/mol. The molecular formula is C14H17NS2. The fraction of sp³-hybridized carbons (Fsp3) is 0.357. The molecule has 0 unspecified atom stereocenters. The van der Waals surface area contributed by atoms with Crippen LogP contribution in [0.25, 0.3) is 0 Å². The number of benzene rings is 1. The molecule has 0 atom stereocenters. The predicted octanol–water partition coefficient (Wildman–Crippen LogP) is 4.47. The number of hydrogen-bond acceptors (Lipinski definition) is 3. The van der Waals surface area contributed by atoms with Crippen LogP contribution >= 0.6 is 24.0 Å². The first-order valence-electron chi connectivity index (χ1n) is 5.81. The highest BCUT2D eigenvalue weighted by Gasteiger charge is 2.24. The minimum absolute atomic E-state index is 0.937. The molecule has 17 heavy (non-hydrogen) atoms. The van der Waals surface area contributed by atoms with Gasteiger partial charge in [-0.2, -0.15) is 0 Å². The van der Waals surface area contributed by atoms with Crippen LogP contribution in [0, 0.1) is 13.8 Å². The van der Waals surface area contributed by atoms with Gasteiger partial charge in [0.25, 0.3) is 0 Å². The first kappa shape index (κ1) is 12.7. The Kier molecular flexibility index (Phi) is 3.59. The van der Waals surface area contributed by atoms with E-state index in [4.69, 9.17) is 12.2 Å². The van der Waals surface area contributed by atoms with Gasteiger partial charge in [-0.25, -0.2) is 0 Å². The smallest absolute Gasteiger partial charge is 0.0812 e. The Morgan fingerprint density at radius 2 is 2.00 bits per heavy atom. The van der Waals surface area contributed by atoms with E-state index in [-0.39, 0.29) is 0 Å². The molecule has 0 bridgehead atoms. The molecule has 90 valence electrons. The molecule has 0 N–H and O–H groups in total. The molecule has 1 heterocycles. The molecule has 0 amide bonds. The van der Waals surface area contributed by atoms with Gasteiger partial charge >= 0.3 is 0 Å². The van der Waals surface area contributed by atoms with Crippen LogP contribution in [0.15, 0.2) is 28.1 Å². The number of thiocarbonyl (C=S) groups is 1. The Balaban J connectivity index is 2.49. The number of nitrogens with zero attached hydrogens (tertiary/aromatic N) is 1. The summed E-state index contributed by atoms with van der Waals surface area (Å²) in [6, 6.07) is 4.55. The molecule has 2 rings (SSSR count). The highest BCUT2D eigenvalue weighted by molar-refractivity contribution is 8.03. The largest absolute Gasteiger partial charge is 0.335 e. The SMILES string of the molecule is CCN1C(=CC(C)=S)Sc2cc(C)c(C)cc21. The maximum atomic E-state index is 5.18. The minimum atomic E-state index is 0.937. The van der Waals surface area contributed by atoms with Crippen LogP contribution in [-0.4, -0.2) is 11.4 Å². The van der Waals surface area contributed by atoms with Crippen molar-refractivity contribution in [3.05, 3.63) is 34.4 Å². The lowest BCUT2D eigenvalue weighted by molar-refractivity contribution is 0.999. The zero-order valence-electron chi connectivity index (χ0n) is 10.7. The van der Waals surface area contributed by atoms with Crippen LogP contribution in [0.2, 0.25) is 0 Å². The Bertz CT molecular complexity index is 503. The topological polar surface area (TPSA) is 3.24 Å². The van der Waals surface area contributed by atoms with E-state index in [0.29, 0.717) is 0 Å². The summed E-state index contributed by atoms with van der Waals surface area (Å²) in [5.74, 6) is 0. The highest BCUT2D eigenvalue weighted by Crippen LogP contribution is 2.46. The molecule has 0 aliphatic carbocycles. The van der Waals surface area contributed by atoms with E-state index < -0.39 is 0 Å². The fourth-order valence-electron chi connectivity index (χ4n) is 1.96. The first-order valence-corrected chi connectivity index (χ1v) is 7.04. The van der Waals surface area contributed by atoms with Crippen molar-refractivity contribution in [3.8, 4) is 0 Å². The van der Waals surface area contributed by atoms with Gasteiger partial charge in [0.2, 0.25) is 0 Å². The summed E-state index contributed by atoms with van der Waals surface area (Å²) in [5.41, 5.74) is 4.03. The first-order chi connectivity index (χ1) is 8.02. The fourth-order valence-corrected chi connectivity index (χ4v) is 3.46. The molecule has 1 nitrogen and oxygen atoms in total. The minimum Gasteiger partial charge on any atom is -0.335 e. The van der Waals surface area contributed by atoms with Crippen LogP contribution < -0.4 is 4.90 Å². The Hall–Kier alpha value is -0.800. The van der Waals surface area contributed by atoms with Crippen LogP contribution in [0.3, 0.4) is 0 Å². The van der Waals surface area contributed by atoms with Gasteiger partial charge in [-0.15, -0.1) is 0 Å². The van der Waals surface area contributed by atoms with E-state index >= 15 is 0 Å². The lowest BCUT2D eigenvalue weighted by atomic mass is 10.1. The van der Waals surface area contributed by atoms with Gasteiger partial charge in [0.1, 0.15) is 0 Å². The second kappa shape index (κ2) is 4.83. The Morgan fingerprint density at radius 3 is 2.59 bits per heavy atom. The Labute approximate surface area is 113 Å². The number of thioether (sulfide) groups is 1. The van der Waals surface area contributed by atoms with E-state index in [0.717, 1.165) is 11.4 Å². The van der Waals surface area contributed by atoms with Gasteiger partial charge in [-0.05, 0) is 57.0 Å². The summed E-state index contributed by atoms with van der Waals surface area (Å²) in [7, 11) is 0. The number of fused-ring (bicyclic) bond motifs is 1. The van der Waals surface area contributed by atoms with Crippen LogP contribution in [0.5, 0.6) is 0 Å². The molecule has 1 aromatic carbocycles. The molecule has 0 aromatic heterocycles. The van der Waals surface area contributed by atoms with Crippen molar-refractivity contribution in [1.29, 1.82) is 0 Å². The summed E-state index contributed by atoms with van der Waals surface area (Å²) < 4.78 is 0. The third-order valence-corrected chi connectivity index (χ3v) is 4.20. The third kappa shape index (κ3) is 2.40. The van der Waals surface area contributed by atoms with Crippen molar-refractivity contribution >= 4 is 34.5 Å². The number of anilines is 1. The van der Waals surface area contributed by atoms with Crippen molar-refractivity contribution in [1.82, 2.24) is 0 Å². The number of rotatable bonds is 2. The molecule has 0 spiro atoms. The van der Waals surface area contributed by atoms with Crippen molar-refractivity contribution < 1.29 is 0 Å². The molecule has 1 aliphatic heterocycles. The van der Waals surface area contributed by atoms with E-state index in [1.165, 1.54) is 26.7 Å². The van der Waals surface area contributed by atoms with Crippen LogP contribution in [-0.2, 0) is 0 Å². The second-order valence-corrected chi connectivity index (χ2v) is 6.05. The highest BCUT2D eigenvalue weighted by atomic mass is 32.2. The summed E-state index contributed by atoms with van der Waals surface area (Å²) in [6.07, 6.45) is 2.09. The molecule has 1 aliphatic rings. The molecular weight excluding hydrogens is 246 g/mol. The summed E-state index contributed by atoms with van der Waals surface area (Å²) in [4.78, 5) is 4.62. The van der Waals surface area contributed by atoms with Crippen LogP contribution in [0.1, 0.15) is 25.0 Å². The van der Waals surface area contributed by atoms with Gasteiger partial charge < -0.3 is 4.90 Å². The van der Waals surface area contributed by atoms with E-state index in [1.54, 1.807) is 0 Å². The maximum Gasteiger partial charge on any atom is 0.0812 e. The summed E-state index contributed by atoms with van der Waals surface area (Å²) in [5, 5.41) is 1.25. The quantitative estimate of drug-likeness (QED) is 0.572. The van der Waals surface area contributed by atoms with Crippen molar-refractivity contribution in [2.75, 3.05) is 11.4 Å². The van der Waals surface area contributed by atoms with Gasteiger partial charge in [0, 0.05) is 16.3 Å². The van der Waals surface area contributed by atoms with E-state index in [2.05, 4.69) is 43.9 Å². The molecule has 0 radical (unpaired) electrons. The van der Waals surface area contributed by atoms with Crippen LogP contribution in [0.4, 0.5) is 5.69 Å². The van der Waals surface area contributed by atoms with Gasteiger partial charge in [0.05, 0.1) is 10.7 Å². The average molecular weight is 263 g/mol. The average Bonchev–Trinajstić information content (AvgIpc) is 2.54. The number of hydrogen-bond donors (Lipinski definition) is 0. The standard InChI is InChI=1S/C14H17NS2/c1-5-15-12-6-9(2)10(3)7-13(12)17-14(15)8-11(4)16/h6-8H,5H2,1-4H3. The molecule has 1 aromatic rings. The van der Waals surface area contributed by atoms with Crippen molar-refractivity contribution in [2.24, 2.45) is 0 Å². The maximum absolute atomic E-state index is 5.18. The van der Waals surface area contributed by atoms with Gasteiger partial charge in [-0.3, -0.25) is 0 Å². The second-order valence-electron chi connectivity index (χ2n) is 4.34. The third-order valence-electron chi connectivity index (χ3n) is 2.99. The Morgan fingerprint density at radius 1 is 1.35 bits per heavy atom. The van der Waals surface area contributed by atoms with Crippen molar-refractivity contribution in [3.63, 3.8) is 0 Å².